The van der Waals surface area contributed by atoms with Crippen LogP contribution in [0, 0.1) is 6.92 Å². The van der Waals surface area contributed by atoms with Gasteiger partial charge in [0.05, 0.1) is 29.9 Å². The van der Waals surface area contributed by atoms with Gasteiger partial charge in [-0.3, -0.25) is 14.8 Å². The third-order valence-corrected chi connectivity index (χ3v) is 5.35. The Labute approximate surface area is 162 Å². The molecule has 0 spiro atoms. The summed E-state index contributed by atoms with van der Waals surface area (Å²) in [5.74, 6) is -0.797. The zero-order valence-electron chi connectivity index (χ0n) is 14.5. The van der Waals surface area contributed by atoms with Gasteiger partial charge in [-0.05, 0) is 13.3 Å². The van der Waals surface area contributed by atoms with Gasteiger partial charge < -0.3 is 10.4 Å². The van der Waals surface area contributed by atoms with Crippen LogP contribution in [-0.4, -0.2) is 44.7 Å². The number of aromatic nitrogens is 2. The maximum absolute atomic E-state index is 11.9. The molecule has 0 atom stereocenters. The molecule has 10 nitrogen and oxygen atoms in total. The summed E-state index contributed by atoms with van der Waals surface area (Å²) in [7, 11) is 0. The summed E-state index contributed by atoms with van der Waals surface area (Å²) in [4.78, 5) is 44.7. The lowest BCUT2D eigenvalue weighted by Gasteiger charge is -2.15. The van der Waals surface area contributed by atoms with E-state index in [0.29, 0.717) is 12.1 Å². The van der Waals surface area contributed by atoms with Gasteiger partial charge in [0.1, 0.15) is 0 Å². The van der Waals surface area contributed by atoms with Gasteiger partial charge in [-0.15, -0.1) is 22.7 Å². The molecule has 3 amide bonds. The van der Waals surface area contributed by atoms with Gasteiger partial charge in [0.25, 0.3) is 0 Å². The predicted octanol–water partition coefficient (Wildman–Crippen LogP) is 1.54. The molecule has 2 heterocycles. The number of thiazole rings is 2. The fraction of sp³-hybridized carbons (Fsp3) is 0.400. The van der Waals surface area contributed by atoms with Crippen LogP contribution in [0.2, 0.25) is 0 Å². The molecule has 0 saturated heterocycles. The minimum absolute atomic E-state index is 0.00966. The van der Waals surface area contributed by atoms with Crippen molar-refractivity contribution in [3.63, 3.8) is 0 Å². The van der Waals surface area contributed by atoms with E-state index in [-0.39, 0.29) is 37.0 Å². The number of hydrogen-bond donors (Lipinski definition) is 4. The van der Waals surface area contributed by atoms with E-state index in [2.05, 4.69) is 15.3 Å². The largest absolute Gasteiger partial charge is 0.465 e. The molecule has 2 rings (SSSR count). The van der Waals surface area contributed by atoms with E-state index in [1.165, 1.54) is 16.8 Å². The molecule has 27 heavy (non-hydrogen) atoms. The van der Waals surface area contributed by atoms with Crippen LogP contribution in [0.1, 0.15) is 29.1 Å². The highest BCUT2D eigenvalue weighted by molar-refractivity contribution is 7.14. The topological polar surface area (TPSA) is 145 Å². The van der Waals surface area contributed by atoms with Crippen LogP contribution < -0.4 is 15.7 Å². The molecule has 0 unspecified atom stereocenters. The quantitative estimate of drug-likeness (QED) is 0.277. The number of hydroxylamine groups is 1. The maximum Gasteiger partial charge on any atom is 0.413 e. The molecule has 4 N–H and O–H groups in total. The van der Waals surface area contributed by atoms with Gasteiger partial charge in [-0.1, -0.05) is 0 Å². The zero-order valence-corrected chi connectivity index (χ0v) is 16.1. The lowest BCUT2D eigenvalue weighted by atomic mass is 10.3. The van der Waals surface area contributed by atoms with Crippen LogP contribution in [0.4, 0.5) is 9.93 Å². The standard InChI is InChI=1S/C15H19N5O5S2/c1-9-11(27-8-17-9)6-20(15(23)24)14-18-10(7-26-14)5-13(22)16-4-2-3-12(21)19-25/h7-8,25H,2-6H2,1H3,(H,16,22)(H,19,21)(H,23,24). The normalized spacial score (nSPS) is 10.4. The van der Waals surface area contributed by atoms with Gasteiger partial charge >= 0.3 is 6.09 Å². The fourth-order valence-corrected chi connectivity index (χ4v) is 3.68. The number of carboxylic acid groups (broad SMARTS) is 1. The Bertz CT molecular complexity index is 806. The molecule has 0 bridgehead atoms. The van der Waals surface area contributed by atoms with E-state index in [4.69, 9.17) is 5.21 Å². The summed E-state index contributed by atoms with van der Waals surface area (Å²) < 4.78 is 0. The second-order valence-corrected chi connectivity index (χ2v) is 7.29. The first-order valence-electron chi connectivity index (χ1n) is 7.94. The second kappa shape index (κ2) is 9.94. The number of nitrogens with one attached hydrogen (secondary N) is 2. The third kappa shape index (κ3) is 6.27. The van der Waals surface area contributed by atoms with E-state index < -0.39 is 12.0 Å². The molecule has 0 aromatic carbocycles. The van der Waals surface area contributed by atoms with Crippen LogP contribution in [0.5, 0.6) is 0 Å². The van der Waals surface area contributed by atoms with Gasteiger partial charge in [0.2, 0.25) is 11.8 Å². The molecular weight excluding hydrogens is 394 g/mol. The molecule has 0 radical (unpaired) electrons. The summed E-state index contributed by atoms with van der Waals surface area (Å²) in [5.41, 5.74) is 4.42. The Morgan fingerprint density at radius 1 is 1.26 bits per heavy atom. The van der Waals surface area contributed by atoms with Crippen molar-refractivity contribution in [2.45, 2.75) is 32.7 Å². The van der Waals surface area contributed by atoms with Crippen molar-refractivity contribution >= 4 is 45.7 Å². The number of nitrogens with zero attached hydrogens (tertiary/aromatic N) is 3. The summed E-state index contributed by atoms with van der Waals surface area (Å²) in [5, 5.41) is 22.4. The van der Waals surface area contributed by atoms with Crippen LogP contribution in [-0.2, 0) is 22.6 Å². The Balaban J connectivity index is 1.90. The number of carbonyl (C=O) groups is 3. The van der Waals surface area contributed by atoms with Crippen molar-refractivity contribution in [3.8, 4) is 0 Å². The lowest BCUT2D eigenvalue weighted by Crippen LogP contribution is -2.29. The average molecular weight is 413 g/mol. The van der Waals surface area contributed by atoms with Crippen LogP contribution in [0.15, 0.2) is 10.9 Å². The number of anilines is 1. The molecule has 0 aliphatic rings. The highest BCUT2D eigenvalue weighted by atomic mass is 32.1. The number of rotatable bonds is 9. The highest BCUT2D eigenvalue weighted by Crippen LogP contribution is 2.25. The number of amides is 3. The lowest BCUT2D eigenvalue weighted by molar-refractivity contribution is -0.129. The fourth-order valence-electron chi connectivity index (χ4n) is 2.10. The summed E-state index contributed by atoms with van der Waals surface area (Å²) in [6.45, 7) is 2.25. The SMILES string of the molecule is Cc1ncsc1CN(C(=O)O)c1nc(CC(=O)NCCCC(=O)NO)cs1. The van der Waals surface area contributed by atoms with Gasteiger partial charge in [-0.25, -0.2) is 25.1 Å². The van der Waals surface area contributed by atoms with Crippen molar-refractivity contribution in [1.82, 2.24) is 20.8 Å². The van der Waals surface area contributed by atoms with Crippen LogP contribution in [0.25, 0.3) is 0 Å². The summed E-state index contributed by atoms with van der Waals surface area (Å²) >= 11 is 2.52. The first kappa shape index (κ1) is 20.7. The van der Waals surface area contributed by atoms with Crippen LogP contribution >= 0.6 is 22.7 Å². The first-order chi connectivity index (χ1) is 12.9. The monoisotopic (exact) mass is 413 g/mol. The summed E-state index contributed by atoms with van der Waals surface area (Å²) in [6, 6.07) is 0. The van der Waals surface area contributed by atoms with Crippen LogP contribution in [0.3, 0.4) is 0 Å². The molecule has 0 saturated carbocycles. The molecule has 146 valence electrons. The molecule has 2 aromatic rings. The molecular formula is C15H19N5O5S2. The Hall–Kier alpha value is -2.57. The molecule has 0 aliphatic carbocycles. The number of aryl methyl sites for hydroxylation is 1. The Morgan fingerprint density at radius 2 is 2.04 bits per heavy atom. The first-order valence-corrected chi connectivity index (χ1v) is 9.70. The van der Waals surface area contributed by atoms with Gasteiger partial charge in [-0.2, -0.15) is 0 Å². The van der Waals surface area contributed by atoms with E-state index in [1.807, 2.05) is 6.92 Å². The van der Waals surface area contributed by atoms with Crippen molar-refractivity contribution < 1.29 is 24.7 Å². The number of carbonyl (C=O) groups excluding carboxylic acids is 2. The van der Waals surface area contributed by atoms with E-state index >= 15 is 0 Å². The van der Waals surface area contributed by atoms with E-state index in [9.17, 15) is 19.5 Å². The van der Waals surface area contributed by atoms with E-state index in [0.717, 1.165) is 26.8 Å². The third-order valence-electron chi connectivity index (χ3n) is 3.52. The van der Waals surface area contributed by atoms with Crippen molar-refractivity contribution in [1.29, 1.82) is 0 Å². The zero-order chi connectivity index (χ0) is 19.8. The van der Waals surface area contributed by atoms with Crippen molar-refractivity contribution in [2.75, 3.05) is 11.4 Å². The van der Waals surface area contributed by atoms with Crippen molar-refractivity contribution in [3.05, 3.63) is 27.2 Å². The van der Waals surface area contributed by atoms with Crippen molar-refractivity contribution in [2.24, 2.45) is 0 Å². The van der Waals surface area contributed by atoms with Gasteiger partial charge in [0, 0.05) is 23.2 Å². The highest BCUT2D eigenvalue weighted by Gasteiger charge is 2.21. The van der Waals surface area contributed by atoms with E-state index in [1.54, 1.807) is 10.9 Å². The van der Waals surface area contributed by atoms with Gasteiger partial charge in [0.15, 0.2) is 5.13 Å². The molecule has 0 fully saturated rings. The number of hydrogen-bond acceptors (Lipinski definition) is 8. The molecule has 2 aromatic heterocycles. The minimum atomic E-state index is -1.13. The average Bonchev–Trinajstić information content (AvgIpc) is 3.25. The molecule has 0 aliphatic heterocycles. The molecule has 12 heteroatoms. The Kier molecular flexibility index (Phi) is 7.64. The maximum atomic E-state index is 11.9. The predicted molar refractivity (Wildman–Crippen MR) is 99.0 cm³/mol. The summed E-state index contributed by atoms with van der Waals surface area (Å²) in [6.07, 6.45) is -0.630. The smallest absolute Gasteiger partial charge is 0.413 e. The second-order valence-electron chi connectivity index (χ2n) is 5.52. The minimum Gasteiger partial charge on any atom is -0.465 e. The Morgan fingerprint density at radius 3 is 2.67 bits per heavy atom.